The number of ether oxygens (including phenoxy) is 1. The molecule has 0 saturated heterocycles. The van der Waals surface area contributed by atoms with Crippen molar-refractivity contribution < 1.29 is 9.84 Å². The van der Waals surface area contributed by atoms with Gasteiger partial charge in [0.25, 0.3) is 0 Å². The molecule has 0 aliphatic carbocycles. The predicted octanol–water partition coefficient (Wildman–Crippen LogP) is 3.68. The molecule has 3 rings (SSSR count). The van der Waals surface area contributed by atoms with Gasteiger partial charge < -0.3 is 14.4 Å². The lowest BCUT2D eigenvalue weighted by Crippen LogP contribution is -2.11. The Labute approximate surface area is 139 Å². The van der Waals surface area contributed by atoms with Gasteiger partial charge in [0.05, 0.1) is 7.11 Å². The fourth-order valence-corrected chi connectivity index (χ4v) is 2.72. The van der Waals surface area contributed by atoms with Gasteiger partial charge in [-0.2, -0.15) is 0 Å². The predicted molar refractivity (Wildman–Crippen MR) is 89.8 cm³/mol. The minimum absolute atomic E-state index is 0.543. The summed E-state index contributed by atoms with van der Waals surface area (Å²) in [5.41, 5.74) is 1.73. The fraction of sp³-hybridized carbons (Fsp3) is 0.167. The van der Waals surface area contributed by atoms with Gasteiger partial charge >= 0.3 is 0 Å². The van der Waals surface area contributed by atoms with Crippen molar-refractivity contribution in [2.45, 2.75) is 12.6 Å². The van der Waals surface area contributed by atoms with E-state index in [4.69, 9.17) is 16.3 Å². The molecular formula is C18H17ClN2O2. The SMILES string of the molecule is COc1ccc(Cl)cc1C(O)c1nccn1Cc1ccccc1. The van der Waals surface area contributed by atoms with E-state index in [1.165, 1.54) is 0 Å². The number of benzene rings is 2. The van der Waals surface area contributed by atoms with E-state index in [0.717, 1.165) is 5.56 Å². The second-order valence-corrected chi connectivity index (χ2v) is 5.62. The van der Waals surface area contributed by atoms with Gasteiger partial charge in [0, 0.05) is 29.5 Å². The molecule has 0 spiro atoms. The van der Waals surface area contributed by atoms with Gasteiger partial charge in [0.2, 0.25) is 0 Å². The largest absolute Gasteiger partial charge is 0.496 e. The molecule has 4 nitrogen and oxygen atoms in total. The van der Waals surface area contributed by atoms with Crippen LogP contribution in [-0.2, 0) is 6.54 Å². The number of hydrogen-bond donors (Lipinski definition) is 1. The van der Waals surface area contributed by atoms with Crippen LogP contribution in [0.5, 0.6) is 5.75 Å². The van der Waals surface area contributed by atoms with E-state index in [0.29, 0.717) is 28.7 Å². The normalized spacial score (nSPS) is 12.1. The van der Waals surface area contributed by atoms with E-state index < -0.39 is 6.10 Å². The average molecular weight is 329 g/mol. The molecule has 5 heteroatoms. The molecule has 1 heterocycles. The summed E-state index contributed by atoms with van der Waals surface area (Å²) < 4.78 is 7.24. The number of imidazole rings is 1. The Bertz CT molecular complexity index is 787. The molecule has 118 valence electrons. The molecule has 2 aromatic carbocycles. The van der Waals surface area contributed by atoms with Crippen molar-refractivity contribution in [1.82, 2.24) is 9.55 Å². The number of rotatable bonds is 5. The van der Waals surface area contributed by atoms with Crippen molar-refractivity contribution in [2.75, 3.05) is 7.11 Å². The first-order chi connectivity index (χ1) is 11.2. The molecule has 1 unspecified atom stereocenters. The Morgan fingerprint density at radius 1 is 1.22 bits per heavy atom. The van der Waals surface area contributed by atoms with Gasteiger partial charge in [-0.1, -0.05) is 41.9 Å². The minimum Gasteiger partial charge on any atom is -0.496 e. The van der Waals surface area contributed by atoms with Crippen molar-refractivity contribution in [1.29, 1.82) is 0 Å². The van der Waals surface area contributed by atoms with E-state index in [-0.39, 0.29) is 0 Å². The molecule has 0 fully saturated rings. The number of hydrogen-bond acceptors (Lipinski definition) is 3. The number of nitrogens with zero attached hydrogens (tertiary/aromatic N) is 2. The lowest BCUT2D eigenvalue weighted by atomic mass is 10.1. The van der Waals surface area contributed by atoms with Gasteiger partial charge in [-0.15, -0.1) is 0 Å². The molecular weight excluding hydrogens is 312 g/mol. The molecule has 0 radical (unpaired) electrons. The van der Waals surface area contributed by atoms with E-state index in [1.54, 1.807) is 31.5 Å². The minimum atomic E-state index is -0.914. The molecule has 1 atom stereocenters. The van der Waals surface area contributed by atoms with E-state index in [9.17, 15) is 5.11 Å². The fourth-order valence-electron chi connectivity index (χ4n) is 2.54. The maximum atomic E-state index is 10.8. The number of aliphatic hydroxyl groups excluding tert-OH is 1. The zero-order valence-electron chi connectivity index (χ0n) is 12.7. The lowest BCUT2D eigenvalue weighted by molar-refractivity contribution is 0.200. The molecule has 3 aromatic rings. The highest BCUT2D eigenvalue weighted by molar-refractivity contribution is 6.30. The van der Waals surface area contributed by atoms with E-state index in [2.05, 4.69) is 4.98 Å². The van der Waals surface area contributed by atoms with Crippen LogP contribution in [0.2, 0.25) is 5.02 Å². The summed E-state index contributed by atoms with van der Waals surface area (Å²) in [5.74, 6) is 1.13. The van der Waals surface area contributed by atoms with Gasteiger partial charge in [0.15, 0.2) is 0 Å². The highest BCUT2D eigenvalue weighted by atomic mass is 35.5. The van der Waals surface area contributed by atoms with Gasteiger partial charge in [0.1, 0.15) is 17.7 Å². The van der Waals surface area contributed by atoms with Crippen LogP contribution in [0.1, 0.15) is 23.1 Å². The first-order valence-electron chi connectivity index (χ1n) is 7.25. The maximum absolute atomic E-state index is 10.8. The van der Waals surface area contributed by atoms with Crippen LogP contribution in [0.3, 0.4) is 0 Å². The first-order valence-corrected chi connectivity index (χ1v) is 7.63. The van der Waals surface area contributed by atoms with Crippen molar-refractivity contribution in [3.8, 4) is 5.75 Å². The summed E-state index contributed by atoms with van der Waals surface area (Å²) >= 11 is 6.05. The smallest absolute Gasteiger partial charge is 0.142 e. The van der Waals surface area contributed by atoms with Gasteiger partial charge in [-0.25, -0.2) is 4.98 Å². The number of methoxy groups -OCH3 is 1. The van der Waals surface area contributed by atoms with Crippen LogP contribution in [-0.4, -0.2) is 21.8 Å². The van der Waals surface area contributed by atoms with Crippen LogP contribution in [0.25, 0.3) is 0 Å². The molecule has 1 aromatic heterocycles. The van der Waals surface area contributed by atoms with Crippen LogP contribution in [0.4, 0.5) is 0 Å². The topological polar surface area (TPSA) is 47.3 Å². The maximum Gasteiger partial charge on any atom is 0.142 e. The third kappa shape index (κ3) is 3.38. The van der Waals surface area contributed by atoms with Crippen molar-refractivity contribution >= 4 is 11.6 Å². The first kappa shape index (κ1) is 15.6. The number of halogens is 1. The Balaban J connectivity index is 1.94. The number of aromatic nitrogens is 2. The van der Waals surface area contributed by atoms with E-state index in [1.807, 2.05) is 41.1 Å². The molecule has 23 heavy (non-hydrogen) atoms. The third-order valence-corrected chi connectivity index (χ3v) is 3.91. The van der Waals surface area contributed by atoms with E-state index >= 15 is 0 Å². The van der Waals surface area contributed by atoms with Crippen LogP contribution < -0.4 is 4.74 Å². The van der Waals surface area contributed by atoms with Gasteiger partial charge in [-0.05, 0) is 23.8 Å². The van der Waals surface area contributed by atoms with Crippen molar-refractivity contribution in [3.63, 3.8) is 0 Å². The summed E-state index contributed by atoms with van der Waals surface area (Å²) in [5, 5.41) is 11.3. The zero-order valence-corrected chi connectivity index (χ0v) is 13.4. The van der Waals surface area contributed by atoms with Crippen LogP contribution in [0, 0.1) is 0 Å². The average Bonchev–Trinajstić information content (AvgIpc) is 3.03. The second-order valence-electron chi connectivity index (χ2n) is 5.19. The monoisotopic (exact) mass is 328 g/mol. The zero-order chi connectivity index (χ0) is 16.2. The molecule has 0 saturated carbocycles. The summed E-state index contributed by atoms with van der Waals surface area (Å²) in [6, 6.07) is 15.2. The number of aliphatic hydroxyl groups is 1. The highest BCUT2D eigenvalue weighted by Crippen LogP contribution is 2.31. The molecule has 1 N–H and O–H groups in total. The summed E-state index contributed by atoms with van der Waals surface area (Å²) in [7, 11) is 1.57. The second kappa shape index (κ2) is 6.86. The highest BCUT2D eigenvalue weighted by Gasteiger charge is 2.20. The molecule has 0 aliphatic rings. The Morgan fingerprint density at radius 2 is 2.00 bits per heavy atom. The lowest BCUT2D eigenvalue weighted by Gasteiger charge is -2.16. The molecule has 0 bridgehead atoms. The summed E-state index contributed by atoms with van der Waals surface area (Å²) in [6.45, 7) is 0.635. The molecule has 0 amide bonds. The Morgan fingerprint density at radius 3 is 2.74 bits per heavy atom. The van der Waals surface area contributed by atoms with Crippen molar-refractivity contribution in [3.05, 3.63) is 82.9 Å². The third-order valence-electron chi connectivity index (χ3n) is 3.67. The Hall–Kier alpha value is -2.30. The van der Waals surface area contributed by atoms with Crippen LogP contribution in [0.15, 0.2) is 60.9 Å². The quantitative estimate of drug-likeness (QED) is 0.777. The molecule has 0 aliphatic heterocycles. The van der Waals surface area contributed by atoms with Crippen LogP contribution >= 0.6 is 11.6 Å². The van der Waals surface area contributed by atoms with Gasteiger partial charge in [-0.3, -0.25) is 0 Å². The van der Waals surface area contributed by atoms with Crippen molar-refractivity contribution in [2.24, 2.45) is 0 Å². The standard InChI is InChI=1S/C18H17ClN2O2/c1-23-16-8-7-14(19)11-15(16)17(22)18-20-9-10-21(18)12-13-5-3-2-4-6-13/h2-11,17,22H,12H2,1H3. The Kier molecular flexibility index (Phi) is 4.65. The summed E-state index contributed by atoms with van der Waals surface area (Å²) in [6.07, 6.45) is 2.61. The summed E-state index contributed by atoms with van der Waals surface area (Å²) in [4.78, 5) is 4.31.